The number of carbonyl (C=O) groups excluding carboxylic acids is 1. The van der Waals surface area contributed by atoms with Crippen LogP contribution in [0.1, 0.15) is 17.9 Å². The highest BCUT2D eigenvalue weighted by atomic mass is 16.6. The predicted molar refractivity (Wildman–Crippen MR) is 51.4 cm³/mol. The van der Waals surface area contributed by atoms with E-state index in [2.05, 4.69) is 0 Å². The summed E-state index contributed by atoms with van der Waals surface area (Å²) in [5.74, 6) is 0.120. The van der Waals surface area contributed by atoms with Gasteiger partial charge in [0.2, 0.25) is 0 Å². The lowest BCUT2D eigenvalue weighted by Gasteiger charge is -1.99. The number of rotatable bonds is 4. The maximum absolute atomic E-state index is 10.5. The molecule has 1 unspecified atom stereocenters. The second-order valence-electron chi connectivity index (χ2n) is 3.47. The minimum absolute atomic E-state index is 0.0734. The summed E-state index contributed by atoms with van der Waals surface area (Å²) in [6.07, 6.45) is 0.643. The Balaban J connectivity index is 2.13. The van der Waals surface area contributed by atoms with E-state index in [-0.39, 0.29) is 17.7 Å². The van der Waals surface area contributed by atoms with Gasteiger partial charge < -0.3 is 4.74 Å². The van der Waals surface area contributed by atoms with Crippen molar-refractivity contribution in [2.24, 2.45) is 0 Å². The van der Waals surface area contributed by atoms with Gasteiger partial charge in [-0.2, -0.15) is 0 Å². The number of nitro groups is 1. The third kappa shape index (κ3) is 1.96. The van der Waals surface area contributed by atoms with Crippen molar-refractivity contribution in [1.82, 2.24) is 0 Å². The summed E-state index contributed by atoms with van der Waals surface area (Å²) >= 11 is 0. The molecular weight excluding hydrogens is 198 g/mol. The molecule has 1 aliphatic carbocycles. The number of benzene rings is 1. The molecule has 1 aromatic rings. The zero-order valence-electron chi connectivity index (χ0n) is 7.83. The van der Waals surface area contributed by atoms with Crippen LogP contribution in [-0.2, 0) is 9.53 Å². The highest BCUT2D eigenvalue weighted by molar-refractivity contribution is 5.42. The van der Waals surface area contributed by atoms with Crippen molar-refractivity contribution < 1.29 is 14.5 Å². The van der Waals surface area contributed by atoms with Gasteiger partial charge in [0, 0.05) is 18.1 Å². The maximum atomic E-state index is 10.5. The zero-order valence-corrected chi connectivity index (χ0v) is 7.83. The van der Waals surface area contributed by atoms with Gasteiger partial charge in [0.1, 0.15) is 6.10 Å². The second-order valence-corrected chi connectivity index (χ2v) is 3.47. The smallest absolute Gasteiger partial charge is 0.293 e. The van der Waals surface area contributed by atoms with E-state index in [0.717, 1.165) is 12.0 Å². The minimum Gasteiger partial charge on any atom is -0.464 e. The fourth-order valence-electron chi connectivity index (χ4n) is 1.61. The Hall–Kier alpha value is -1.91. The minimum atomic E-state index is -0.429. The van der Waals surface area contributed by atoms with Crippen LogP contribution < -0.4 is 0 Å². The Morgan fingerprint density at radius 3 is 3.00 bits per heavy atom. The van der Waals surface area contributed by atoms with E-state index < -0.39 is 4.92 Å². The number of nitro benzene ring substituents is 1. The first-order valence-corrected chi connectivity index (χ1v) is 4.56. The lowest BCUT2D eigenvalue weighted by molar-refractivity contribution is -0.384. The van der Waals surface area contributed by atoms with Crippen molar-refractivity contribution in [1.29, 1.82) is 0 Å². The third-order valence-corrected chi connectivity index (χ3v) is 2.47. The molecule has 15 heavy (non-hydrogen) atoms. The normalized spacial score (nSPS) is 23.2. The molecule has 1 aliphatic rings. The molecule has 0 saturated heterocycles. The predicted octanol–water partition coefficient (Wildman–Crippen LogP) is 1.62. The standard InChI is InChI=1S/C10H9NO4/c12-6-15-10-5-9(10)7-2-1-3-8(4-7)11(13)14/h1-4,6,9-10H,5H2/t9?,10-/m1/s1. The van der Waals surface area contributed by atoms with Gasteiger partial charge in [-0.05, 0) is 12.0 Å². The number of carbonyl (C=O) groups is 1. The van der Waals surface area contributed by atoms with Crippen LogP contribution in [0, 0.1) is 10.1 Å². The molecule has 2 rings (SSSR count). The molecular formula is C10H9NO4. The molecule has 0 spiro atoms. The van der Waals surface area contributed by atoms with E-state index in [9.17, 15) is 14.9 Å². The third-order valence-electron chi connectivity index (χ3n) is 2.47. The average molecular weight is 207 g/mol. The van der Waals surface area contributed by atoms with Gasteiger partial charge in [0.25, 0.3) is 12.2 Å². The molecule has 2 atom stereocenters. The fourth-order valence-corrected chi connectivity index (χ4v) is 1.61. The summed E-state index contributed by atoms with van der Waals surface area (Å²) in [6.45, 7) is 0.419. The van der Waals surface area contributed by atoms with Gasteiger partial charge in [0.05, 0.1) is 4.92 Å². The van der Waals surface area contributed by atoms with Crippen LogP contribution in [0.25, 0.3) is 0 Å². The van der Waals surface area contributed by atoms with Crippen LogP contribution in [0.15, 0.2) is 24.3 Å². The number of nitrogens with zero attached hydrogens (tertiary/aromatic N) is 1. The molecule has 5 heteroatoms. The zero-order chi connectivity index (χ0) is 10.8. The topological polar surface area (TPSA) is 69.4 Å². The monoisotopic (exact) mass is 207 g/mol. The molecule has 0 bridgehead atoms. The summed E-state index contributed by atoms with van der Waals surface area (Å²) < 4.78 is 4.77. The summed E-state index contributed by atoms with van der Waals surface area (Å²) in [7, 11) is 0. The van der Waals surface area contributed by atoms with E-state index in [1.807, 2.05) is 6.07 Å². The molecule has 78 valence electrons. The van der Waals surface area contributed by atoms with Crippen molar-refractivity contribution >= 4 is 12.2 Å². The Morgan fingerprint density at radius 1 is 1.53 bits per heavy atom. The molecule has 1 saturated carbocycles. The van der Waals surface area contributed by atoms with Crippen molar-refractivity contribution in [3.63, 3.8) is 0 Å². The van der Waals surface area contributed by atoms with Crippen LogP contribution in [0.3, 0.4) is 0 Å². The van der Waals surface area contributed by atoms with Gasteiger partial charge in [-0.25, -0.2) is 0 Å². The molecule has 0 aromatic heterocycles. The Labute approximate surface area is 85.8 Å². The van der Waals surface area contributed by atoms with Gasteiger partial charge in [-0.1, -0.05) is 12.1 Å². The van der Waals surface area contributed by atoms with E-state index in [1.165, 1.54) is 12.1 Å². The summed E-state index contributed by atoms with van der Waals surface area (Å²) in [6, 6.07) is 6.43. The Morgan fingerprint density at radius 2 is 2.33 bits per heavy atom. The summed E-state index contributed by atoms with van der Waals surface area (Å²) in [5, 5.41) is 10.5. The molecule has 1 fully saturated rings. The molecule has 5 nitrogen and oxygen atoms in total. The lowest BCUT2D eigenvalue weighted by atomic mass is 10.1. The van der Waals surface area contributed by atoms with Crippen LogP contribution in [0.5, 0.6) is 0 Å². The van der Waals surface area contributed by atoms with Crippen LogP contribution in [0.4, 0.5) is 5.69 Å². The van der Waals surface area contributed by atoms with Gasteiger partial charge in [-0.3, -0.25) is 14.9 Å². The Kier molecular flexibility index (Phi) is 2.37. The molecule has 0 radical (unpaired) electrons. The van der Waals surface area contributed by atoms with E-state index in [1.54, 1.807) is 6.07 Å². The maximum Gasteiger partial charge on any atom is 0.293 e. The SMILES string of the molecule is O=CO[C@@H]1CC1c1cccc([N+](=O)[O-])c1. The van der Waals surface area contributed by atoms with Crippen molar-refractivity contribution in [3.8, 4) is 0 Å². The molecule has 1 aromatic carbocycles. The lowest BCUT2D eigenvalue weighted by Crippen LogP contribution is -1.95. The second kappa shape index (κ2) is 3.68. The van der Waals surface area contributed by atoms with Gasteiger partial charge in [-0.15, -0.1) is 0 Å². The molecule has 0 aliphatic heterocycles. The summed E-state index contributed by atoms with van der Waals surface area (Å²) in [5.41, 5.74) is 0.931. The first-order valence-electron chi connectivity index (χ1n) is 4.56. The number of hydrogen-bond donors (Lipinski definition) is 0. The van der Waals surface area contributed by atoms with E-state index >= 15 is 0 Å². The van der Waals surface area contributed by atoms with Gasteiger partial charge in [0.15, 0.2) is 0 Å². The van der Waals surface area contributed by atoms with Crippen LogP contribution in [-0.4, -0.2) is 17.5 Å². The number of hydrogen-bond acceptors (Lipinski definition) is 4. The molecule has 0 N–H and O–H groups in total. The van der Waals surface area contributed by atoms with Crippen molar-refractivity contribution in [2.75, 3.05) is 0 Å². The first-order chi connectivity index (χ1) is 7.22. The van der Waals surface area contributed by atoms with Gasteiger partial charge >= 0.3 is 0 Å². The molecule has 0 heterocycles. The summed E-state index contributed by atoms with van der Waals surface area (Å²) in [4.78, 5) is 20.2. The fraction of sp³-hybridized carbons (Fsp3) is 0.300. The highest BCUT2D eigenvalue weighted by Gasteiger charge is 2.40. The van der Waals surface area contributed by atoms with E-state index in [0.29, 0.717) is 6.47 Å². The number of ether oxygens (including phenoxy) is 1. The Bertz CT molecular complexity index is 404. The number of non-ortho nitro benzene ring substituents is 1. The van der Waals surface area contributed by atoms with Crippen molar-refractivity contribution in [2.45, 2.75) is 18.4 Å². The highest BCUT2D eigenvalue weighted by Crippen LogP contribution is 2.43. The molecule has 0 amide bonds. The van der Waals surface area contributed by atoms with E-state index in [4.69, 9.17) is 4.74 Å². The largest absolute Gasteiger partial charge is 0.464 e. The van der Waals surface area contributed by atoms with Crippen LogP contribution >= 0.6 is 0 Å². The average Bonchev–Trinajstić information content (AvgIpc) is 2.98. The first kappa shape index (κ1) is 9.64. The quantitative estimate of drug-likeness (QED) is 0.427. The van der Waals surface area contributed by atoms with Crippen molar-refractivity contribution in [3.05, 3.63) is 39.9 Å². The van der Waals surface area contributed by atoms with Crippen LogP contribution in [0.2, 0.25) is 0 Å².